The van der Waals surface area contributed by atoms with Gasteiger partial charge in [0.15, 0.2) is 5.69 Å². The number of likely N-dealkylation sites (tertiary alicyclic amines) is 1. The number of nitrogens with zero attached hydrogens (tertiary/aromatic N) is 3. The lowest BCUT2D eigenvalue weighted by Gasteiger charge is -2.22. The number of nitrogens with one attached hydrogen (secondary N) is 2. The number of aromatic nitrogens is 2. The summed E-state index contributed by atoms with van der Waals surface area (Å²) in [5, 5.41) is 2.97. The largest absolute Gasteiger partial charge is 0.433 e. The molecule has 2 heterocycles. The molecule has 1 saturated heterocycles. The summed E-state index contributed by atoms with van der Waals surface area (Å²) in [4.78, 5) is 9.48. The van der Waals surface area contributed by atoms with Gasteiger partial charge in [-0.3, -0.25) is 5.43 Å². The van der Waals surface area contributed by atoms with Gasteiger partial charge in [-0.05, 0) is 32.9 Å². The van der Waals surface area contributed by atoms with Gasteiger partial charge in [-0.25, -0.2) is 10.8 Å². The molecule has 0 amide bonds. The molecular weight excluding hydrogens is 285 g/mol. The normalized spacial score (nSPS) is 17.8. The Kier molecular flexibility index (Phi) is 4.84. The van der Waals surface area contributed by atoms with Crippen LogP contribution in [0.5, 0.6) is 0 Å². The van der Waals surface area contributed by atoms with Crippen molar-refractivity contribution in [3.05, 3.63) is 11.8 Å². The van der Waals surface area contributed by atoms with E-state index in [0.717, 1.165) is 25.7 Å². The molecule has 1 aliphatic heterocycles. The van der Waals surface area contributed by atoms with Crippen LogP contribution in [0.4, 0.5) is 24.9 Å². The Morgan fingerprint density at radius 2 is 2.00 bits per heavy atom. The third kappa shape index (κ3) is 4.43. The first-order valence-electron chi connectivity index (χ1n) is 6.80. The van der Waals surface area contributed by atoms with E-state index in [2.05, 4.69) is 25.6 Å². The Morgan fingerprint density at radius 3 is 2.57 bits per heavy atom. The van der Waals surface area contributed by atoms with Crippen molar-refractivity contribution in [2.45, 2.75) is 32.0 Å². The van der Waals surface area contributed by atoms with Crippen molar-refractivity contribution in [3.63, 3.8) is 0 Å². The van der Waals surface area contributed by atoms with Gasteiger partial charge in [0.1, 0.15) is 5.82 Å². The summed E-state index contributed by atoms with van der Waals surface area (Å²) in [6.07, 6.45) is -2.21. The van der Waals surface area contributed by atoms with Crippen molar-refractivity contribution >= 4 is 11.8 Å². The SMILES string of the molecule is CC(CN1CCCC1)Nc1cc(C(F)(F)F)nc(NN)n1. The van der Waals surface area contributed by atoms with E-state index in [4.69, 9.17) is 5.84 Å². The average molecular weight is 304 g/mol. The van der Waals surface area contributed by atoms with Crippen molar-refractivity contribution in [1.29, 1.82) is 0 Å². The van der Waals surface area contributed by atoms with Crippen LogP contribution in [0, 0.1) is 0 Å². The molecule has 0 spiro atoms. The molecule has 118 valence electrons. The van der Waals surface area contributed by atoms with Crippen LogP contribution < -0.4 is 16.6 Å². The molecular formula is C12H19F3N6. The second kappa shape index (κ2) is 6.44. The van der Waals surface area contributed by atoms with Crippen molar-refractivity contribution in [2.75, 3.05) is 30.4 Å². The highest BCUT2D eigenvalue weighted by Crippen LogP contribution is 2.29. The number of rotatable bonds is 5. The Morgan fingerprint density at radius 1 is 1.33 bits per heavy atom. The topological polar surface area (TPSA) is 79.1 Å². The van der Waals surface area contributed by atoms with Gasteiger partial charge < -0.3 is 10.2 Å². The predicted octanol–water partition coefficient (Wildman–Crippen LogP) is 1.68. The van der Waals surface area contributed by atoms with Gasteiger partial charge in [-0.15, -0.1) is 0 Å². The fourth-order valence-corrected chi connectivity index (χ4v) is 2.38. The van der Waals surface area contributed by atoms with E-state index in [1.807, 2.05) is 6.92 Å². The van der Waals surface area contributed by atoms with Gasteiger partial charge in [0, 0.05) is 18.7 Å². The maximum absolute atomic E-state index is 12.8. The molecule has 1 aliphatic rings. The fraction of sp³-hybridized carbons (Fsp3) is 0.667. The number of anilines is 2. The molecule has 1 unspecified atom stereocenters. The van der Waals surface area contributed by atoms with E-state index >= 15 is 0 Å². The van der Waals surface area contributed by atoms with E-state index in [9.17, 15) is 13.2 Å². The number of nitrogens with two attached hydrogens (primary N) is 1. The fourth-order valence-electron chi connectivity index (χ4n) is 2.38. The minimum atomic E-state index is -4.54. The summed E-state index contributed by atoms with van der Waals surface area (Å²) in [5.74, 6) is 4.96. The number of nitrogen functional groups attached to an aromatic ring is 1. The Labute approximate surface area is 120 Å². The molecule has 4 N–H and O–H groups in total. The van der Waals surface area contributed by atoms with Crippen LogP contribution in [0.2, 0.25) is 0 Å². The van der Waals surface area contributed by atoms with Gasteiger partial charge in [-0.2, -0.15) is 18.2 Å². The molecule has 9 heteroatoms. The molecule has 1 aromatic heterocycles. The van der Waals surface area contributed by atoms with Crippen LogP contribution in [-0.4, -0.2) is 40.5 Å². The number of hydrazine groups is 1. The monoisotopic (exact) mass is 304 g/mol. The number of alkyl halides is 3. The Bertz CT molecular complexity index is 473. The van der Waals surface area contributed by atoms with Crippen molar-refractivity contribution < 1.29 is 13.2 Å². The highest BCUT2D eigenvalue weighted by molar-refractivity contribution is 5.43. The highest BCUT2D eigenvalue weighted by Gasteiger charge is 2.33. The summed E-state index contributed by atoms with van der Waals surface area (Å²) in [5.41, 5.74) is 1.03. The van der Waals surface area contributed by atoms with Gasteiger partial charge in [0.05, 0.1) is 0 Å². The summed E-state index contributed by atoms with van der Waals surface area (Å²) >= 11 is 0. The highest BCUT2D eigenvalue weighted by atomic mass is 19.4. The van der Waals surface area contributed by atoms with Gasteiger partial charge in [-0.1, -0.05) is 0 Å². The molecule has 6 nitrogen and oxygen atoms in total. The maximum Gasteiger partial charge on any atom is 0.433 e. The van der Waals surface area contributed by atoms with Gasteiger partial charge >= 0.3 is 6.18 Å². The Hall–Kier alpha value is -1.61. The standard InChI is InChI=1S/C12H19F3N6/c1-8(7-21-4-2-3-5-21)17-10-6-9(12(13,14)15)18-11(19-10)20-16/h6,8H,2-5,7,16H2,1H3,(H2,17,18,19,20). The number of halogens is 3. The van der Waals surface area contributed by atoms with Crippen molar-refractivity contribution in [2.24, 2.45) is 5.84 Å². The van der Waals surface area contributed by atoms with E-state index in [0.29, 0.717) is 0 Å². The van der Waals surface area contributed by atoms with E-state index in [-0.39, 0.29) is 17.8 Å². The Balaban J connectivity index is 2.07. The molecule has 21 heavy (non-hydrogen) atoms. The van der Waals surface area contributed by atoms with Crippen LogP contribution in [-0.2, 0) is 6.18 Å². The van der Waals surface area contributed by atoms with Crippen LogP contribution in [0.25, 0.3) is 0 Å². The smallest absolute Gasteiger partial charge is 0.366 e. The molecule has 0 bridgehead atoms. The zero-order valence-electron chi connectivity index (χ0n) is 11.7. The summed E-state index contributed by atoms with van der Waals surface area (Å²) in [6, 6.07) is 0.867. The summed E-state index contributed by atoms with van der Waals surface area (Å²) in [7, 11) is 0. The van der Waals surface area contributed by atoms with Gasteiger partial charge in [0.2, 0.25) is 5.95 Å². The molecule has 1 atom stereocenters. The van der Waals surface area contributed by atoms with Crippen molar-refractivity contribution in [1.82, 2.24) is 14.9 Å². The molecule has 0 saturated carbocycles. The molecule has 2 rings (SSSR count). The minimum absolute atomic E-state index is 0.0234. The first-order chi connectivity index (χ1) is 9.88. The zero-order valence-corrected chi connectivity index (χ0v) is 11.7. The minimum Gasteiger partial charge on any atom is -0.366 e. The lowest BCUT2D eigenvalue weighted by atomic mass is 10.3. The zero-order chi connectivity index (χ0) is 15.5. The third-order valence-electron chi connectivity index (χ3n) is 3.27. The quantitative estimate of drug-likeness (QED) is 0.567. The first-order valence-corrected chi connectivity index (χ1v) is 6.80. The maximum atomic E-state index is 12.8. The number of hydrogen-bond donors (Lipinski definition) is 3. The average Bonchev–Trinajstić information content (AvgIpc) is 2.89. The lowest BCUT2D eigenvalue weighted by Crippen LogP contribution is -2.33. The molecule has 1 fully saturated rings. The summed E-state index contributed by atoms with van der Waals surface area (Å²) in [6.45, 7) is 4.72. The van der Waals surface area contributed by atoms with E-state index in [1.165, 1.54) is 12.8 Å². The van der Waals surface area contributed by atoms with Crippen molar-refractivity contribution in [3.8, 4) is 0 Å². The van der Waals surface area contributed by atoms with Crippen LogP contribution in [0.15, 0.2) is 6.07 Å². The summed E-state index contributed by atoms with van der Waals surface area (Å²) < 4.78 is 38.3. The molecule has 0 aliphatic carbocycles. The van der Waals surface area contributed by atoms with Crippen LogP contribution >= 0.6 is 0 Å². The molecule has 0 radical (unpaired) electrons. The second-order valence-corrected chi connectivity index (χ2v) is 5.16. The first kappa shape index (κ1) is 15.8. The molecule has 0 aromatic carbocycles. The van der Waals surface area contributed by atoms with E-state index in [1.54, 1.807) is 0 Å². The lowest BCUT2D eigenvalue weighted by molar-refractivity contribution is -0.141. The number of hydrogen-bond acceptors (Lipinski definition) is 6. The van der Waals surface area contributed by atoms with Crippen LogP contribution in [0.1, 0.15) is 25.5 Å². The predicted molar refractivity (Wildman–Crippen MR) is 73.6 cm³/mol. The van der Waals surface area contributed by atoms with E-state index < -0.39 is 11.9 Å². The van der Waals surface area contributed by atoms with Gasteiger partial charge in [0.25, 0.3) is 0 Å². The molecule has 1 aromatic rings. The third-order valence-corrected chi connectivity index (χ3v) is 3.27. The van der Waals surface area contributed by atoms with Crippen LogP contribution in [0.3, 0.4) is 0 Å². The second-order valence-electron chi connectivity index (χ2n) is 5.16.